The predicted molar refractivity (Wildman–Crippen MR) is 90.1 cm³/mol. The number of carbonyl (C=O) groups excluding carboxylic acids is 2. The number of nitrogens with zero attached hydrogens (tertiary/aromatic N) is 1. The fourth-order valence-electron chi connectivity index (χ4n) is 1.85. The van der Waals surface area contributed by atoms with Gasteiger partial charge in [0.1, 0.15) is 12.2 Å². The van der Waals surface area contributed by atoms with Gasteiger partial charge in [0.05, 0.1) is 11.2 Å². The number of benzene rings is 2. The zero-order valence-electron chi connectivity index (χ0n) is 12.6. The molecule has 124 valence electrons. The summed E-state index contributed by atoms with van der Waals surface area (Å²) in [5.74, 6) is -1.60. The minimum absolute atomic E-state index is 0.0630. The van der Waals surface area contributed by atoms with Crippen LogP contribution in [0.1, 0.15) is 17.5 Å². The smallest absolute Gasteiger partial charge is 0.249 e. The van der Waals surface area contributed by atoms with Gasteiger partial charge >= 0.3 is 0 Å². The molecule has 0 saturated carbocycles. The lowest BCUT2D eigenvalue weighted by Gasteiger charge is -2.04. The van der Waals surface area contributed by atoms with Crippen molar-refractivity contribution in [1.82, 2.24) is 10.7 Å². The molecule has 0 aliphatic carbocycles. The van der Waals surface area contributed by atoms with E-state index < -0.39 is 17.6 Å². The third-order valence-corrected chi connectivity index (χ3v) is 3.37. The molecule has 2 N–H and O–H groups in total. The zero-order valence-corrected chi connectivity index (χ0v) is 13.4. The van der Waals surface area contributed by atoms with E-state index in [1.54, 1.807) is 0 Å². The largest absolute Gasteiger partial charge is 0.352 e. The van der Waals surface area contributed by atoms with Crippen LogP contribution in [0.5, 0.6) is 0 Å². The molecule has 0 aliphatic rings. The number of amides is 2. The van der Waals surface area contributed by atoms with Crippen LogP contribution in [0.15, 0.2) is 53.6 Å². The van der Waals surface area contributed by atoms with Crippen LogP contribution < -0.4 is 10.7 Å². The Kier molecular flexibility index (Phi) is 6.45. The first-order valence-corrected chi connectivity index (χ1v) is 7.50. The summed E-state index contributed by atoms with van der Waals surface area (Å²) in [6.07, 6.45) is 0.715. The summed E-state index contributed by atoms with van der Waals surface area (Å²) in [4.78, 5) is 23.3. The highest BCUT2D eigenvalue weighted by Gasteiger charge is 2.09. The molecule has 0 heterocycles. The monoisotopic (exact) mass is 347 g/mol. The Morgan fingerprint density at radius 3 is 2.54 bits per heavy atom. The van der Waals surface area contributed by atoms with Gasteiger partial charge in [0.15, 0.2) is 0 Å². The van der Waals surface area contributed by atoms with Gasteiger partial charge < -0.3 is 5.32 Å². The van der Waals surface area contributed by atoms with Crippen LogP contribution in [-0.2, 0) is 16.1 Å². The Bertz CT molecular complexity index is 731. The van der Waals surface area contributed by atoms with E-state index in [-0.39, 0.29) is 17.0 Å². The molecule has 0 radical (unpaired) electrons. The SMILES string of the molecule is O=C(CC(=O)N/N=C/c1c(F)cccc1Cl)NCc1ccccc1. The number of hydrazone groups is 1. The van der Waals surface area contributed by atoms with E-state index in [0.717, 1.165) is 11.8 Å². The van der Waals surface area contributed by atoms with E-state index in [1.165, 1.54) is 18.2 Å². The molecule has 2 aromatic rings. The molecule has 5 nitrogen and oxygen atoms in total. The minimum atomic E-state index is -0.607. The average molecular weight is 348 g/mol. The van der Waals surface area contributed by atoms with Crippen molar-refractivity contribution in [1.29, 1.82) is 0 Å². The standard InChI is InChI=1S/C17H15ClFN3O2/c18-14-7-4-8-15(19)13(14)11-21-22-17(24)9-16(23)20-10-12-5-2-1-3-6-12/h1-8,11H,9-10H2,(H,20,23)(H,22,24)/b21-11+. The van der Waals surface area contributed by atoms with E-state index in [1.807, 2.05) is 30.3 Å². The van der Waals surface area contributed by atoms with E-state index in [9.17, 15) is 14.0 Å². The number of rotatable bonds is 6. The Labute approximate surface area is 143 Å². The van der Waals surface area contributed by atoms with Crippen molar-refractivity contribution in [3.63, 3.8) is 0 Å². The molecule has 0 spiro atoms. The molecule has 0 fully saturated rings. The van der Waals surface area contributed by atoms with E-state index in [4.69, 9.17) is 11.6 Å². The Morgan fingerprint density at radius 2 is 1.83 bits per heavy atom. The molecule has 7 heteroatoms. The van der Waals surface area contributed by atoms with Gasteiger partial charge in [-0.3, -0.25) is 9.59 Å². The van der Waals surface area contributed by atoms with Crippen LogP contribution in [0.3, 0.4) is 0 Å². The van der Waals surface area contributed by atoms with Crippen molar-refractivity contribution in [2.75, 3.05) is 0 Å². The molecule has 2 amide bonds. The molecule has 0 aliphatic heterocycles. The van der Waals surface area contributed by atoms with Gasteiger partial charge in [0, 0.05) is 12.1 Å². The quantitative estimate of drug-likeness (QED) is 0.479. The first kappa shape index (κ1) is 17.6. The Morgan fingerprint density at radius 1 is 1.08 bits per heavy atom. The summed E-state index contributed by atoms with van der Waals surface area (Å²) in [6.45, 7) is 0.334. The Balaban J connectivity index is 1.78. The predicted octanol–water partition coefficient (Wildman–Crippen LogP) is 2.64. The minimum Gasteiger partial charge on any atom is -0.352 e. The number of hydrogen-bond donors (Lipinski definition) is 2. The molecule has 0 aromatic heterocycles. The topological polar surface area (TPSA) is 70.6 Å². The fourth-order valence-corrected chi connectivity index (χ4v) is 2.06. The van der Waals surface area contributed by atoms with E-state index >= 15 is 0 Å². The third kappa shape index (κ3) is 5.48. The maximum absolute atomic E-state index is 13.5. The van der Waals surface area contributed by atoms with Crippen LogP contribution in [0, 0.1) is 5.82 Å². The van der Waals surface area contributed by atoms with Crippen molar-refractivity contribution >= 4 is 29.6 Å². The van der Waals surface area contributed by atoms with Crippen molar-refractivity contribution in [2.24, 2.45) is 5.10 Å². The second-order valence-electron chi connectivity index (χ2n) is 4.87. The maximum atomic E-state index is 13.5. The highest BCUT2D eigenvalue weighted by Crippen LogP contribution is 2.16. The van der Waals surface area contributed by atoms with Crippen LogP contribution in [0.4, 0.5) is 4.39 Å². The van der Waals surface area contributed by atoms with Gasteiger partial charge in [-0.25, -0.2) is 9.82 Å². The fraction of sp³-hybridized carbons (Fsp3) is 0.118. The third-order valence-electron chi connectivity index (χ3n) is 3.04. The second-order valence-corrected chi connectivity index (χ2v) is 5.27. The average Bonchev–Trinajstić information content (AvgIpc) is 2.56. The normalized spacial score (nSPS) is 10.6. The van der Waals surface area contributed by atoms with E-state index in [0.29, 0.717) is 6.54 Å². The zero-order chi connectivity index (χ0) is 17.4. The highest BCUT2D eigenvalue weighted by atomic mass is 35.5. The lowest BCUT2D eigenvalue weighted by molar-refractivity contribution is -0.129. The molecule has 0 atom stereocenters. The first-order chi connectivity index (χ1) is 11.6. The molecule has 0 unspecified atom stereocenters. The first-order valence-electron chi connectivity index (χ1n) is 7.13. The molecule has 24 heavy (non-hydrogen) atoms. The van der Waals surface area contributed by atoms with Gasteiger partial charge in [-0.05, 0) is 17.7 Å². The summed E-state index contributed by atoms with van der Waals surface area (Å²) in [6, 6.07) is 13.5. The van der Waals surface area contributed by atoms with Crippen LogP contribution in [0.2, 0.25) is 5.02 Å². The number of halogens is 2. The summed E-state index contributed by atoms with van der Waals surface area (Å²) in [5, 5.41) is 6.40. The van der Waals surface area contributed by atoms with Crippen molar-refractivity contribution < 1.29 is 14.0 Å². The lowest BCUT2D eigenvalue weighted by atomic mass is 10.2. The second kappa shape index (κ2) is 8.79. The number of carbonyl (C=O) groups is 2. The molecule has 2 rings (SSSR count). The Hall–Kier alpha value is -2.73. The van der Waals surface area contributed by atoms with Gasteiger partial charge in [-0.2, -0.15) is 5.10 Å². The molecule has 0 saturated heterocycles. The number of hydrogen-bond acceptors (Lipinski definition) is 3. The van der Waals surface area contributed by atoms with Crippen molar-refractivity contribution in [3.05, 3.63) is 70.5 Å². The van der Waals surface area contributed by atoms with Gasteiger partial charge in [-0.15, -0.1) is 0 Å². The molecule has 0 bridgehead atoms. The lowest BCUT2D eigenvalue weighted by Crippen LogP contribution is -2.29. The summed E-state index contributed by atoms with van der Waals surface area (Å²) in [7, 11) is 0. The number of nitrogens with one attached hydrogen (secondary N) is 2. The molecule has 2 aromatic carbocycles. The summed E-state index contributed by atoms with van der Waals surface area (Å²) in [5.41, 5.74) is 3.15. The van der Waals surface area contributed by atoms with Crippen molar-refractivity contribution in [2.45, 2.75) is 13.0 Å². The van der Waals surface area contributed by atoms with Gasteiger partial charge in [0.2, 0.25) is 11.8 Å². The van der Waals surface area contributed by atoms with Gasteiger partial charge in [-0.1, -0.05) is 48.0 Å². The van der Waals surface area contributed by atoms with Crippen molar-refractivity contribution in [3.8, 4) is 0 Å². The summed E-state index contributed by atoms with van der Waals surface area (Å²) < 4.78 is 13.5. The summed E-state index contributed by atoms with van der Waals surface area (Å²) >= 11 is 5.82. The molecular weight excluding hydrogens is 333 g/mol. The maximum Gasteiger partial charge on any atom is 0.249 e. The van der Waals surface area contributed by atoms with E-state index in [2.05, 4.69) is 15.8 Å². The van der Waals surface area contributed by atoms with Gasteiger partial charge in [0.25, 0.3) is 0 Å². The van der Waals surface area contributed by atoms with Crippen LogP contribution >= 0.6 is 11.6 Å². The van der Waals surface area contributed by atoms with Crippen LogP contribution in [0.25, 0.3) is 0 Å². The molecular formula is C17H15ClFN3O2. The highest BCUT2D eigenvalue weighted by molar-refractivity contribution is 6.33. The van der Waals surface area contributed by atoms with Crippen LogP contribution in [-0.4, -0.2) is 18.0 Å².